The summed E-state index contributed by atoms with van der Waals surface area (Å²) in [5.74, 6) is 1.60. The Hall–Kier alpha value is -2.92. The van der Waals surface area contributed by atoms with Crippen molar-refractivity contribution >= 4 is 5.95 Å². The van der Waals surface area contributed by atoms with Crippen molar-refractivity contribution in [1.29, 1.82) is 0 Å². The molecule has 0 aliphatic carbocycles. The zero-order valence-electron chi connectivity index (χ0n) is 18.0. The monoisotopic (exact) mass is 403 g/mol. The number of anilines is 1. The van der Waals surface area contributed by atoms with Crippen molar-refractivity contribution in [3.63, 3.8) is 0 Å². The fraction of sp³-hybridized carbons (Fsp3) is 0.360. The minimum atomic E-state index is -0.0601. The van der Waals surface area contributed by atoms with E-state index in [9.17, 15) is 0 Å². The SMILES string of the molecule is Cc1ccc(C(C)(C)c2ccc(OCc3cnc(N4CCOCC4)nc3)cc2)cc1. The maximum atomic E-state index is 5.95. The van der Waals surface area contributed by atoms with Gasteiger partial charge in [0.1, 0.15) is 12.4 Å². The van der Waals surface area contributed by atoms with Crippen molar-refractivity contribution in [2.75, 3.05) is 31.2 Å². The van der Waals surface area contributed by atoms with Crippen LogP contribution in [0, 0.1) is 6.92 Å². The van der Waals surface area contributed by atoms with Gasteiger partial charge >= 0.3 is 0 Å². The van der Waals surface area contributed by atoms with E-state index in [1.807, 2.05) is 24.5 Å². The van der Waals surface area contributed by atoms with Crippen molar-refractivity contribution in [3.05, 3.63) is 83.2 Å². The molecule has 0 radical (unpaired) electrons. The lowest BCUT2D eigenvalue weighted by atomic mass is 9.78. The molecule has 4 rings (SSSR count). The molecule has 1 fully saturated rings. The van der Waals surface area contributed by atoms with Crippen molar-refractivity contribution in [3.8, 4) is 5.75 Å². The number of benzene rings is 2. The average Bonchev–Trinajstić information content (AvgIpc) is 2.79. The third-order valence-corrected chi connectivity index (χ3v) is 5.74. The normalized spacial score (nSPS) is 14.6. The van der Waals surface area contributed by atoms with Crippen LogP contribution >= 0.6 is 0 Å². The number of rotatable bonds is 6. The van der Waals surface area contributed by atoms with Gasteiger partial charge in [0.05, 0.1) is 13.2 Å². The van der Waals surface area contributed by atoms with E-state index in [0.717, 1.165) is 43.6 Å². The van der Waals surface area contributed by atoms with Gasteiger partial charge in [0.15, 0.2) is 0 Å². The Kier molecular flexibility index (Phi) is 6.00. The second-order valence-corrected chi connectivity index (χ2v) is 8.29. The molecule has 30 heavy (non-hydrogen) atoms. The summed E-state index contributed by atoms with van der Waals surface area (Å²) in [5.41, 5.74) is 4.74. The molecule has 1 saturated heterocycles. The van der Waals surface area contributed by atoms with Crippen LogP contribution in [0.2, 0.25) is 0 Å². The second-order valence-electron chi connectivity index (χ2n) is 8.29. The molecule has 5 heteroatoms. The number of hydrogen-bond donors (Lipinski definition) is 0. The molecule has 2 aromatic carbocycles. The zero-order valence-corrected chi connectivity index (χ0v) is 18.0. The van der Waals surface area contributed by atoms with E-state index in [-0.39, 0.29) is 5.41 Å². The Labute approximate surface area is 178 Å². The zero-order chi connectivity index (χ0) is 21.0. The Morgan fingerprint density at radius 2 is 1.47 bits per heavy atom. The summed E-state index contributed by atoms with van der Waals surface area (Å²) in [5, 5.41) is 0. The van der Waals surface area contributed by atoms with E-state index in [1.54, 1.807) is 0 Å². The molecule has 5 nitrogen and oxygen atoms in total. The first-order valence-corrected chi connectivity index (χ1v) is 10.5. The predicted molar refractivity (Wildman–Crippen MR) is 119 cm³/mol. The molecule has 0 atom stereocenters. The third kappa shape index (κ3) is 4.62. The maximum Gasteiger partial charge on any atom is 0.225 e. The maximum absolute atomic E-state index is 5.95. The van der Waals surface area contributed by atoms with Gasteiger partial charge in [-0.1, -0.05) is 55.8 Å². The van der Waals surface area contributed by atoms with Gasteiger partial charge in [0.25, 0.3) is 0 Å². The van der Waals surface area contributed by atoms with Crippen molar-refractivity contribution in [2.24, 2.45) is 0 Å². The van der Waals surface area contributed by atoms with Crippen LogP contribution in [0.3, 0.4) is 0 Å². The molecule has 0 bridgehead atoms. The predicted octanol–water partition coefficient (Wildman–Crippen LogP) is 4.53. The largest absolute Gasteiger partial charge is 0.489 e. The van der Waals surface area contributed by atoms with E-state index in [4.69, 9.17) is 9.47 Å². The van der Waals surface area contributed by atoms with Crippen LogP contribution < -0.4 is 9.64 Å². The first-order chi connectivity index (χ1) is 14.5. The molecule has 1 aliphatic rings. The molecule has 156 valence electrons. The first kappa shape index (κ1) is 20.4. The van der Waals surface area contributed by atoms with Crippen LogP contribution in [0.25, 0.3) is 0 Å². The van der Waals surface area contributed by atoms with Crippen molar-refractivity contribution < 1.29 is 9.47 Å². The van der Waals surface area contributed by atoms with Crippen molar-refractivity contribution in [2.45, 2.75) is 32.8 Å². The lowest BCUT2D eigenvalue weighted by Crippen LogP contribution is -2.37. The first-order valence-electron chi connectivity index (χ1n) is 10.5. The van der Waals surface area contributed by atoms with E-state index in [2.05, 4.69) is 72.0 Å². The van der Waals surface area contributed by atoms with E-state index in [0.29, 0.717) is 6.61 Å². The summed E-state index contributed by atoms with van der Waals surface area (Å²) in [6, 6.07) is 17.1. The molecule has 3 aromatic rings. The van der Waals surface area contributed by atoms with Crippen LogP contribution in [-0.4, -0.2) is 36.3 Å². The van der Waals surface area contributed by atoms with Gasteiger partial charge in [-0.05, 0) is 30.2 Å². The fourth-order valence-corrected chi connectivity index (χ4v) is 3.62. The Morgan fingerprint density at radius 3 is 2.07 bits per heavy atom. The Balaban J connectivity index is 1.37. The molecule has 0 unspecified atom stereocenters. The summed E-state index contributed by atoms with van der Waals surface area (Å²) in [7, 11) is 0. The van der Waals surface area contributed by atoms with Gasteiger partial charge in [0, 0.05) is 36.5 Å². The number of aromatic nitrogens is 2. The molecular weight excluding hydrogens is 374 g/mol. The van der Waals surface area contributed by atoms with Crippen LogP contribution in [0.15, 0.2) is 60.9 Å². The molecule has 0 spiro atoms. The van der Waals surface area contributed by atoms with Gasteiger partial charge in [-0.2, -0.15) is 0 Å². The molecule has 0 saturated carbocycles. The summed E-state index contributed by atoms with van der Waals surface area (Å²) in [6.45, 7) is 10.2. The van der Waals surface area contributed by atoms with Gasteiger partial charge in [-0.15, -0.1) is 0 Å². The highest BCUT2D eigenvalue weighted by Gasteiger charge is 2.22. The molecule has 1 aromatic heterocycles. The third-order valence-electron chi connectivity index (χ3n) is 5.74. The summed E-state index contributed by atoms with van der Waals surface area (Å²) >= 11 is 0. The molecule has 0 amide bonds. The quantitative estimate of drug-likeness (QED) is 0.605. The van der Waals surface area contributed by atoms with Gasteiger partial charge in [-0.3, -0.25) is 0 Å². The fourth-order valence-electron chi connectivity index (χ4n) is 3.62. The Morgan fingerprint density at radius 1 is 0.900 bits per heavy atom. The highest BCUT2D eigenvalue weighted by atomic mass is 16.5. The lowest BCUT2D eigenvalue weighted by molar-refractivity contribution is 0.122. The number of aryl methyl sites for hydroxylation is 1. The van der Waals surface area contributed by atoms with Crippen LogP contribution in [0.5, 0.6) is 5.75 Å². The van der Waals surface area contributed by atoms with Crippen LogP contribution in [0.1, 0.15) is 36.1 Å². The number of nitrogens with zero attached hydrogens (tertiary/aromatic N) is 3. The minimum Gasteiger partial charge on any atom is -0.489 e. The molecule has 1 aliphatic heterocycles. The molecule has 2 heterocycles. The number of ether oxygens (including phenoxy) is 2. The van der Waals surface area contributed by atoms with Gasteiger partial charge in [0.2, 0.25) is 5.95 Å². The van der Waals surface area contributed by atoms with Gasteiger partial charge < -0.3 is 14.4 Å². The standard InChI is InChI=1S/C25H29N3O2/c1-19-4-6-21(7-5-19)25(2,3)22-8-10-23(11-9-22)30-18-20-16-26-24(27-17-20)28-12-14-29-15-13-28/h4-11,16-17H,12-15,18H2,1-3H3. The Bertz CT molecular complexity index is 945. The van der Waals surface area contributed by atoms with Crippen LogP contribution in [-0.2, 0) is 16.8 Å². The van der Waals surface area contributed by atoms with Crippen molar-refractivity contribution in [1.82, 2.24) is 9.97 Å². The topological polar surface area (TPSA) is 47.5 Å². The molecule has 0 N–H and O–H groups in total. The van der Waals surface area contributed by atoms with E-state index < -0.39 is 0 Å². The highest BCUT2D eigenvalue weighted by Crippen LogP contribution is 2.32. The summed E-state index contributed by atoms with van der Waals surface area (Å²) < 4.78 is 11.3. The van der Waals surface area contributed by atoms with Crippen LogP contribution in [0.4, 0.5) is 5.95 Å². The summed E-state index contributed by atoms with van der Waals surface area (Å²) in [4.78, 5) is 11.1. The minimum absolute atomic E-state index is 0.0601. The average molecular weight is 404 g/mol. The number of morpholine rings is 1. The highest BCUT2D eigenvalue weighted by molar-refractivity contribution is 5.40. The second kappa shape index (κ2) is 8.84. The van der Waals surface area contributed by atoms with E-state index in [1.165, 1.54) is 16.7 Å². The summed E-state index contributed by atoms with van der Waals surface area (Å²) in [6.07, 6.45) is 3.68. The van der Waals surface area contributed by atoms with E-state index >= 15 is 0 Å². The molecular formula is C25H29N3O2. The number of hydrogen-bond acceptors (Lipinski definition) is 5. The van der Waals surface area contributed by atoms with Gasteiger partial charge in [-0.25, -0.2) is 9.97 Å². The smallest absolute Gasteiger partial charge is 0.225 e. The lowest BCUT2D eigenvalue weighted by Gasteiger charge is -2.26.